The van der Waals surface area contributed by atoms with Gasteiger partial charge in [-0.1, -0.05) is 35.9 Å². The number of rotatable bonds is 6. The molecule has 2 heterocycles. The Bertz CT molecular complexity index is 1060. The predicted molar refractivity (Wildman–Crippen MR) is 102 cm³/mol. The molecule has 1 aromatic carbocycles. The maximum atomic E-state index is 12.6. The van der Waals surface area contributed by atoms with E-state index in [4.69, 9.17) is 11.6 Å². The zero-order valence-electron chi connectivity index (χ0n) is 14.3. The van der Waals surface area contributed by atoms with Gasteiger partial charge in [0, 0.05) is 36.2 Å². The van der Waals surface area contributed by atoms with Gasteiger partial charge in [-0.25, -0.2) is 4.79 Å². The molecule has 1 amide bonds. The minimum absolute atomic E-state index is 0.204. The van der Waals surface area contributed by atoms with Crippen LogP contribution in [-0.2, 0) is 24.4 Å². The molecule has 0 fully saturated rings. The molecule has 8 heteroatoms. The Balaban J connectivity index is 1.75. The van der Waals surface area contributed by atoms with Crippen LogP contribution in [0.5, 0.6) is 0 Å². The van der Waals surface area contributed by atoms with E-state index >= 15 is 0 Å². The smallest absolute Gasteiger partial charge is 0.331 e. The summed E-state index contributed by atoms with van der Waals surface area (Å²) in [6.07, 6.45) is 4.67. The number of carbonyl (C=O) groups excluding carboxylic acids is 1. The van der Waals surface area contributed by atoms with Crippen LogP contribution < -0.4 is 16.6 Å². The van der Waals surface area contributed by atoms with Gasteiger partial charge >= 0.3 is 5.69 Å². The van der Waals surface area contributed by atoms with Crippen LogP contribution in [0.2, 0.25) is 5.02 Å². The van der Waals surface area contributed by atoms with E-state index < -0.39 is 17.2 Å². The fourth-order valence-corrected chi connectivity index (χ4v) is 2.73. The third-order valence-corrected chi connectivity index (χ3v) is 4.32. The van der Waals surface area contributed by atoms with E-state index in [1.807, 2.05) is 12.1 Å². The first-order chi connectivity index (χ1) is 13.0. The summed E-state index contributed by atoms with van der Waals surface area (Å²) in [6, 6.07) is 12.0. The van der Waals surface area contributed by atoms with Gasteiger partial charge in [0.25, 0.3) is 5.56 Å². The third-order valence-electron chi connectivity index (χ3n) is 3.95. The van der Waals surface area contributed by atoms with Gasteiger partial charge in [-0.05, 0) is 23.3 Å². The molecule has 0 aliphatic heterocycles. The van der Waals surface area contributed by atoms with Crippen molar-refractivity contribution in [3.63, 3.8) is 0 Å². The minimum atomic E-state index is -0.570. The Hall–Kier alpha value is -3.19. The molecule has 0 saturated heterocycles. The summed E-state index contributed by atoms with van der Waals surface area (Å²) in [4.78, 5) is 40.8. The van der Waals surface area contributed by atoms with Crippen molar-refractivity contribution in [3.05, 3.63) is 98.0 Å². The predicted octanol–water partition coefficient (Wildman–Crippen LogP) is 1.42. The summed E-state index contributed by atoms with van der Waals surface area (Å²) in [6.45, 7) is 0.111. The first-order valence-electron chi connectivity index (χ1n) is 8.24. The molecule has 0 unspecified atom stereocenters. The van der Waals surface area contributed by atoms with Gasteiger partial charge < -0.3 is 5.32 Å². The molecular weight excluding hydrogens is 368 g/mol. The Morgan fingerprint density at radius 2 is 1.93 bits per heavy atom. The largest absolute Gasteiger partial charge is 0.350 e. The number of hydrogen-bond acceptors (Lipinski definition) is 4. The molecule has 0 spiro atoms. The Morgan fingerprint density at radius 1 is 1.11 bits per heavy atom. The molecule has 0 aliphatic carbocycles. The molecule has 0 saturated carbocycles. The van der Waals surface area contributed by atoms with E-state index in [-0.39, 0.29) is 19.6 Å². The second kappa shape index (κ2) is 8.46. The molecule has 138 valence electrons. The monoisotopic (exact) mass is 384 g/mol. The van der Waals surface area contributed by atoms with Crippen molar-refractivity contribution in [1.29, 1.82) is 0 Å². The highest BCUT2D eigenvalue weighted by Gasteiger charge is 2.11. The second-order valence-electron chi connectivity index (χ2n) is 5.88. The molecule has 3 rings (SSSR count). The summed E-state index contributed by atoms with van der Waals surface area (Å²) in [5.41, 5.74) is 0.459. The summed E-state index contributed by atoms with van der Waals surface area (Å²) in [7, 11) is 0. The van der Waals surface area contributed by atoms with Crippen molar-refractivity contribution in [2.45, 2.75) is 19.6 Å². The van der Waals surface area contributed by atoms with E-state index in [2.05, 4.69) is 10.3 Å². The molecule has 2 aromatic heterocycles. The van der Waals surface area contributed by atoms with E-state index in [1.54, 1.807) is 36.7 Å². The normalized spacial score (nSPS) is 10.6. The number of nitrogens with zero attached hydrogens (tertiary/aromatic N) is 3. The van der Waals surface area contributed by atoms with Gasteiger partial charge in [0.1, 0.15) is 6.54 Å². The topological polar surface area (TPSA) is 86.0 Å². The summed E-state index contributed by atoms with van der Waals surface area (Å²) in [5, 5.41) is 3.20. The first kappa shape index (κ1) is 18.6. The number of halogens is 1. The number of pyridine rings is 1. The Labute approximate surface area is 159 Å². The van der Waals surface area contributed by atoms with Gasteiger partial charge in [-0.15, -0.1) is 0 Å². The van der Waals surface area contributed by atoms with Gasteiger partial charge in [0.2, 0.25) is 5.91 Å². The van der Waals surface area contributed by atoms with Crippen molar-refractivity contribution in [2.24, 2.45) is 0 Å². The van der Waals surface area contributed by atoms with Crippen molar-refractivity contribution in [2.75, 3.05) is 0 Å². The second-order valence-corrected chi connectivity index (χ2v) is 6.29. The lowest BCUT2D eigenvalue weighted by Crippen LogP contribution is -2.43. The first-order valence-corrected chi connectivity index (χ1v) is 8.61. The molecule has 0 atom stereocenters. The SMILES string of the molecule is O=C(Cn1c(=O)ccn(Cc2ccccc2Cl)c1=O)NCc1cccnc1. The maximum absolute atomic E-state index is 12.6. The molecule has 0 bridgehead atoms. The van der Waals surface area contributed by atoms with Crippen LogP contribution in [0.25, 0.3) is 0 Å². The number of amides is 1. The standard InChI is InChI=1S/C19H17ClN4O3/c20-16-6-2-1-5-15(16)12-23-9-7-18(26)24(19(23)27)13-17(25)22-11-14-4-3-8-21-10-14/h1-10H,11-13H2,(H,22,25). The highest BCUT2D eigenvalue weighted by Crippen LogP contribution is 2.15. The van der Waals surface area contributed by atoms with E-state index in [0.717, 1.165) is 15.7 Å². The summed E-state index contributed by atoms with van der Waals surface area (Å²) >= 11 is 6.13. The van der Waals surface area contributed by atoms with Gasteiger partial charge in [0.05, 0.1) is 6.54 Å². The number of nitrogens with one attached hydrogen (secondary N) is 1. The zero-order valence-corrected chi connectivity index (χ0v) is 15.1. The lowest BCUT2D eigenvalue weighted by atomic mass is 10.2. The number of aromatic nitrogens is 3. The Kier molecular flexibility index (Phi) is 5.83. The van der Waals surface area contributed by atoms with Gasteiger partial charge in [0.15, 0.2) is 0 Å². The van der Waals surface area contributed by atoms with E-state index in [9.17, 15) is 14.4 Å². The molecule has 27 heavy (non-hydrogen) atoms. The summed E-state index contributed by atoms with van der Waals surface area (Å²) < 4.78 is 2.24. The molecule has 1 N–H and O–H groups in total. The molecule has 7 nitrogen and oxygen atoms in total. The quantitative estimate of drug-likeness (QED) is 0.696. The number of hydrogen-bond donors (Lipinski definition) is 1. The molecular formula is C19H17ClN4O3. The number of benzene rings is 1. The fraction of sp³-hybridized carbons (Fsp3) is 0.158. The van der Waals surface area contributed by atoms with Crippen LogP contribution >= 0.6 is 11.6 Å². The van der Waals surface area contributed by atoms with Crippen LogP contribution in [0.1, 0.15) is 11.1 Å². The highest BCUT2D eigenvalue weighted by molar-refractivity contribution is 6.31. The van der Waals surface area contributed by atoms with Crippen molar-refractivity contribution >= 4 is 17.5 Å². The van der Waals surface area contributed by atoms with Crippen molar-refractivity contribution < 1.29 is 4.79 Å². The minimum Gasteiger partial charge on any atom is -0.350 e. The van der Waals surface area contributed by atoms with Crippen molar-refractivity contribution in [3.8, 4) is 0 Å². The average Bonchev–Trinajstić information content (AvgIpc) is 2.68. The fourth-order valence-electron chi connectivity index (χ4n) is 2.54. The van der Waals surface area contributed by atoms with E-state index in [1.165, 1.54) is 16.8 Å². The number of carbonyl (C=O) groups is 1. The summed E-state index contributed by atoms with van der Waals surface area (Å²) in [5.74, 6) is -0.437. The van der Waals surface area contributed by atoms with Crippen LogP contribution in [-0.4, -0.2) is 20.0 Å². The molecule has 0 aliphatic rings. The van der Waals surface area contributed by atoms with Crippen LogP contribution in [0.3, 0.4) is 0 Å². The van der Waals surface area contributed by atoms with Crippen LogP contribution in [0.15, 0.2) is 70.6 Å². The van der Waals surface area contributed by atoms with Crippen LogP contribution in [0.4, 0.5) is 0 Å². The van der Waals surface area contributed by atoms with Gasteiger partial charge in [-0.2, -0.15) is 0 Å². The van der Waals surface area contributed by atoms with Gasteiger partial charge in [-0.3, -0.25) is 23.7 Å². The van der Waals surface area contributed by atoms with Crippen LogP contribution in [0, 0.1) is 0 Å². The molecule has 0 radical (unpaired) electrons. The zero-order chi connectivity index (χ0) is 19.2. The molecule has 3 aromatic rings. The third kappa shape index (κ3) is 4.71. The highest BCUT2D eigenvalue weighted by atomic mass is 35.5. The van der Waals surface area contributed by atoms with Crippen molar-refractivity contribution in [1.82, 2.24) is 19.4 Å². The average molecular weight is 385 g/mol. The maximum Gasteiger partial charge on any atom is 0.331 e. The lowest BCUT2D eigenvalue weighted by Gasteiger charge is -2.11. The van der Waals surface area contributed by atoms with E-state index in [0.29, 0.717) is 5.02 Å². The lowest BCUT2D eigenvalue weighted by molar-refractivity contribution is -0.121. The Morgan fingerprint density at radius 3 is 2.67 bits per heavy atom.